The van der Waals surface area contributed by atoms with Gasteiger partial charge in [0, 0.05) is 25.8 Å². The van der Waals surface area contributed by atoms with E-state index in [-0.39, 0.29) is 6.54 Å². The molecule has 86 valence electrons. The van der Waals surface area contributed by atoms with E-state index >= 15 is 0 Å². The van der Waals surface area contributed by atoms with E-state index in [0.717, 1.165) is 32.6 Å². The molecule has 0 aromatic rings. The van der Waals surface area contributed by atoms with Crippen LogP contribution in [0.4, 0.5) is 0 Å². The summed E-state index contributed by atoms with van der Waals surface area (Å²) >= 11 is 0. The van der Waals surface area contributed by atoms with E-state index in [2.05, 4.69) is 4.90 Å². The lowest BCUT2D eigenvalue weighted by Gasteiger charge is -2.28. The van der Waals surface area contributed by atoms with Crippen LogP contribution in [0.25, 0.3) is 0 Å². The van der Waals surface area contributed by atoms with Gasteiger partial charge in [-0.1, -0.05) is 0 Å². The number of ether oxygens (including phenoxy) is 1. The highest BCUT2D eigenvalue weighted by atomic mass is 16.5. The minimum absolute atomic E-state index is 0.210. The molecule has 1 aliphatic heterocycles. The number of hydrogen-bond donors (Lipinski definition) is 1. The van der Waals surface area contributed by atoms with Crippen molar-refractivity contribution in [3.63, 3.8) is 0 Å². The van der Waals surface area contributed by atoms with Crippen molar-refractivity contribution < 1.29 is 14.6 Å². The quantitative estimate of drug-likeness (QED) is 0.739. The van der Waals surface area contributed by atoms with Gasteiger partial charge in [0.2, 0.25) is 0 Å². The Balaban J connectivity index is 1.79. The Morgan fingerprint density at radius 1 is 1.27 bits per heavy atom. The van der Waals surface area contributed by atoms with Crippen LogP contribution in [0.5, 0.6) is 0 Å². The number of carbonyl (C=O) groups is 1. The van der Waals surface area contributed by atoms with Gasteiger partial charge in [0.15, 0.2) is 0 Å². The second kappa shape index (κ2) is 4.94. The monoisotopic (exact) mass is 213 g/mol. The van der Waals surface area contributed by atoms with Crippen molar-refractivity contribution in [3.8, 4) is 0 Å². The average Bonchev–Trinajstić information content (AvgIpc) is 3.01. The Morgan fingerprint density at radius 2 is 1.93 bits per heavy atom. The summed E-state index contributed by atoms with van der Waals surface area (Å²) in [4.78, 5) is 12.9. The topological polar surface area (TPSA) is 49.8 Å². The van der Waals surface area contributed by atoms with Crippen molar-refractivity contribution in [2.45, 2.75) is 31.7 Å². The Labute approximate surface area is 90.2 Å². The lowest BCUT2D eigenvalue weighted by molar-refractivity contribution is -0.138. The molecule has 2 fully saturated rings. The molecule has 1 heterocycles. The van der Waals surface area contributed by atoms with Gasteiger partial charge in [0.05, 0.1) is 6.54 Å². The average molecular weight is 213 g/mol. The maximum Gasteiger partial charge on any atom is 0.317 e. The summed E-state index contributed by atoms with van der Waals surface area (Å²) in [5.74, 6) is -0.0624. The van der Waals surface area contributed by atoms with Gasteiger partial charge in [-0.3, -0.25) is 9.69 Å². The van der Waals surface area contributed by atoms with Gasteiger partial charge in [-0.25, -0.2) is 0 Å². The van der Waals surface area contributed by atoms with E-state index in [1.54, 1.807) is 0 Å². The molecule has 4 nitrogen and oxygen atoms in total. The Morgan fingerprint density at radius 3 is 2.47 bits per heavy atom. The molecule has 1 saturated carbocycles. The number of aliphatic carboxylic acids is 1. The predicted octanol–water partition coefficient (Wildman–Crippen LogP) is 0.962. The largest absolute Gasteiger partial charge is 0.480 e. The van der Waals surface area contributed by atoms with Crippen LogP contribution >= 0.6 is 0 Å². The molecule has 15 heavy (non-hydrogen) atoms. The Bertz CT molecular complexity index is 222. The van der Waals surface area contributed by atoms with E-state index in [4.69, 9.17) is 9.84 Å². The fourth-order valence-corrected chi connectivity index (χ4v) is 2.22. The third-order valence-electron chi connectivity index (χ3n) is 3.24. The first-order chi connectivity index (χ1) is 7.25. The molecule has 0 aromatic heterocycles. The maximum absolute atomic E-state index is 10.7. The summed E-state index contributed by atoms with van der Waals surface area (Å²) in [6.07, 6.45) is 4.53. The molecular formula is C11H19NO3. The van der Waals surface area contributed by atoms with E-state index in [9.17, 15) is 4.79 Å². The molecule has 0 unspecified atom stereocenters. The second-order valence-corrected chi connectivity index (χ2v) is 4.61. The van der Waals surface area contributed by atoms with Gasteiger partial charge in [0.25, 0.3) is 0 Å². The number of nitrogens with zero attached hydrogens (tertiary/aromatic N) is 1. The normalized spacial score (nSPS) is 23.3. The maximum atomic E-state index is 10.7. The predicted molar refractivity (Wildman–Crippen MR) is 55.8 cm³/mol. The number of rotatable bonds is 5. The molecule has 4 heteroatoms. The lowest BCUT2D eigenvalue weighted by atomic mass is 9.99. The van der Waals surface area contributed by atoms with Gasteiger partial charge in [0.1, 0.15) is 0 Å². The first-order valence-corrected chi connectivity index (χ1v) is 5.79. The van der Waals surface area contributed by atoms with Crippen LogP contribution in [0.1, 0.15) is 25.7 Å². The van der Waals surface area contributed by atoms with Crippen LogP contribution in [0.2, 0.25) is 0 Å². The lowest BCUT2D eigenvalue weighted by Crippen LogP contribution is -2.37. The highest BCUT2D eigenvalue weighted by Crippen LogP contribution is 2.28. The first kappa shape index (κ1) is 10.9. The number of carboxylic acids is 1. The third kappa shape index (κ3) is 3.47. The van der Waals surface area contributed by atoms with Crippen LogP contribution < -0.4 is 0 Å². The summed E-state index contributed by atoms with van der Waals surface area (Å²) in [7, 11) is 0. The third-order valence-corrected chi connectivity index (χ3v) is 3.24. The standard InChI is InChI=1S/C11H19NO3/c13-11(14)8-12(10-1-2-10)7-9-3-5-15-6-4-9/h9-10H,1-8H2,(H,13,14). The molecule has 0 aromatic carbocycles. The van der Waals surface area contributed by atoms with Gasteiger partial charge in [-0.2, -0.15) is 0 Å². The SMILES string of the molecule is O=C(O)CN(CC1CCOCC1)C1CC1. The molecular weight excluding hydrogens is 194 g/mol. The van der Waals surface area contributed by atoms with Crippen molar-refractivity contribution in [2.75, 3.05) is 26.3 Å². The summed E-state index contributed by atoms with van der Waals surface area (Å²) in [5, 5.41) is 8.82. The van der Waals surface area contributed by atoms with Crippen molar-refractivity contribution in [1.29, 1.82) is 0 Å². The smallest absolute Gasteiger partial charge is 0.317 e. The van der Waals surface area contributed by atoms with Crippen LogP contribution in [-0.4, -0.2) is 48.3 Å². The summed E-state index contributed by atoms with van der Waals surface area (Å²) in [6.45, 7) is 2.84. The second-order valence-electron chi connectivity index (χ2n) is 4.61. The Kier molecular flexibility index (Phi) is 3.59. The van der Waals surface area contributed by atoms with E-state index in [1.165, 1.54) is 12.8 Å². The summed E-state index contributed by atoms with van der Waals surface area (Å²) in [6, 6.07) is 0.545. The molecule has 1 aliphatic carbocycles. The molecule has 0 bridgehead atoms. The number of carboxylic acid groups (broad SMARTS) is 1. The fourth-order valence-electron chi connectivity index (χ4n) is 2.22. The van der Waals surface area contributed by atoms with Gasteiger partial charge >= 0.3 is 5.97 Å². The summed E-state index contributed by atoms with van der Waals surface area (Å²) < 4.78 is 5.30. The van der Waals surface area contributed by atoms with Crippen molar-refractivity contribution in [3.05, 3.63) is 0 Å². The van der Waals surface area contributed by atoms with Crippen molar-refractivity contribution >= 4 is 5.97 Å². The van der Waals surface area contributed by atoms with Gasteiger partial charge in [-0.05, 0) is 31.6 Å². The zero-order chi connectivity index (χ0) is 10.7. The zero-order valence-corrected chi connectivity index (χ0v) is 9.02. The molecule has 1 saturated heterocycles. The molecule has 2 rings (SSSR count). The van der Waals surface area contributed by atoms with Gasteiger partial charge < -0.3 is 9.84 Å². The highest BCUT2D eigenvalue weighted by molar-refractivity contribution is 5.69. The Hall–Kier alpha value is -0.610. The minimum Gasteiger partial charge on any atom is -0.480 e. The molecule has 0 radical (unpaired) electrons. The summed E-state index contributed by atoms with van der Waals surface area (Å²) in [5.41, 5.74) is 0. The molecule has 0 atom stereocenters. The molecule has 0 spiro atoms. The van der Waals surface area contributed by atoms with Gasteiger partial charge in [-0.15, -0.1) is 0 Å². The van der Waals surface area contributed by atoms with Crippen molar-refractivity contribution in [1.82, 2.24) is 4.90 Å². The van der Waals surface area contributed by atoms with Crippen LogP contribution in [0.15, 0.2) is 0 Å². The fraction of sp³-hybridized carbons (Fsp3) is 0.909. The molecule has 0 amide bonds. The first-order valence-electron chi connectivity index (χ1n) is 5.79. The van der Waals surface area contributed by atoms with Crippen LogP contribution in [-0.2, 0) is 9.53 Å². The van der Waals surface area contributed by atoms with Crippen LogP contribution in [0, 0.1) is 5.92 Å². The van der Waals surface area contributed by atoms with Crippen LogP contribution in [0.3, 0.4) is 0 Å². The highest BCUT2D eigenvalue weighted by Gasteiger charge is 2.32. The van der Waals surface area contributed by atoms with Crippen molar-refractivity contribution in [2.24, 2.45) is 5.92 Å². The zero-order valence-electron chi connectivity index (χ0n) is 9.02. The number of hydrogen-bond acceptors (Lipinski definition) is 3. The molecule has 2 aliphatic rings. The molecule has 1 N–H and O–H groups in total. The minimum atomic E-state index is -0.700. The van der Waals surface area contributed by atoms with E-state index in [0.29, 0.717) is 12.0 Å². The van der Waals surface area contributed by atoms with E-state index < -0.39 is 5.97 Å². The van der Waals surface area contributed by atoms with E-state index in [1.807, 2.05) is 0 Å².